The van der Waals surface area contributed by atoms with Crippen LogP contribution in [0.15, 0.2) is 97.7 Å². The van der Waals surface area contributed by atoms with Crippen LogP contribution in [-0.4, -0.2) is 35.3 Å². The molecule has 1 unspecified atom stereocenters. The number of imide groups is 1. The first-order chi connectivity index (χ1) is 19.5. The predicted octanol–water partition coefficient (Wildman–Crippen LogP) is 8.96. The molecule has 5 nitrogen and oxygen atoms in total. The van der Waals surface area contributed by atoms with Crippen molar-refractivity contribution in [3.05, 3.63) is 109 Å². The standard InChI is InChI=1S/C18H28.C15H15NO4.C2H6/c1-3-5-7-9-11-13-15-17-18-16-14-12-10-8-6-4-2;1-3-7-12(15(19)20-4-2)16-13(17)10-8-5-6-9-11(10)14(16)18;1-2/h5-8,11-14,17-18H,3-4,9-10,15-16H2,1-2H3;3,5-6,8-9,12H,1,4,7H2,2H3;1-2H3/b7-5-,8-6-,13-11-,14-12-,18-17-;;. The van der Waals surface area contributed by atoms with Crippen LogP contribution in [0.3, 0.4) is 0 Å². The van der Waals surface area contributed by atoms with E-state index >= 15 is 0 Å². The molecule has 0 aliphatic carbocycles. The first-order valence-corrected chi connectivity index (χ1v) is 14.5. The third kappa shape index (κ3) is 13.9. The van der Waals surface area contributed by atoms with E-state index in [1.165, 1.54) is 6.08 Å². The van der Waals surface area contributed by atoms with Crippen molar-refractivity contribution < 1.29 is 19.1 Å². The van der Waals surface area contributed by atoms with Gasteiger partial charge in [-0.25, -0.2) is 4.79 Å². The lowest BCUT2D eigenvalue weighted by Crippen LogP contribution is -2.45. The van der Waals surface area contributed by atoms with Crippen LogP contribution in [0.4, 0.5) is 0 Å². The summed E-state index contributed by atoms with van der Waals surface area (Å²) in [6.07, 6.45) is 30.3. The molecule has 2 rings (SSSR count). The van der Waals surface area contributed by atoms with Gasteiger partial charge in [-0.3, -0.25) is 14.5 Å². The lowest BCUT2D eigenvalue weighted by Gasteiger charge is -2.23. The highest BCUT2D eigenvalue weighted by Gasteiger charge is 2.42. The van der Waals surface area contributed by atoms with Crippen LogP contribution < -0.4 is 0 Å². The summed E-state index contributed by atoms with van der Waals surface area (Å²) in [5, 5.41) is 0. The molecule has 40 heavy (non-hydrogen) atoms. The quantitative estimate of drug-likeness (QED) is 0.125. The van der Waals surface area contributed by atoms with Crippen LogP contribution >= 0.6 is 0 Å². The van der Waals surface area contributed by atoms with Gasteiger partial charge in [0.2, 0.25) is 0 Å². The fourth-order valence-corrected chi connectivity index (χ4v) is 3.61. The molecule has 2 amide bonds. The lowest BCUT2D eigenvalue weighted by atomic mass is 10.1. The third-order valence-electron chi connectivity index (χ3n) is 5.48. The molecule has 1 aliphatic heterocycles. The van der Waals surface area contributed by atoms with Gasteiger partial charge in [0.1, 0.15) is 6.04 Å². The number of nitrogens with zero attached hydrogens (tertiary/aromatic N) is 1. The monoisotopic (exact) mass is 547 g/mol. The SMILES string of the molecule is C=CCC(C(=O)OCC)N1C(=O)c2ccccc2C1=O.CC.CC/C=C\C/C=C\C/C=C\C/C=C\C/C=C\CC. The second kappa shape index (κ2) is 24.3. The molecule has 0 saturated heterocycles. The molecule has 1 aromatic carbocycles. The van der Waals surface area contributed by atoms with Crippen molar-refractivity contribution in [1.82, 2.24) is 4.90 Å². The summed E-state index contributed by atoms with van der Waals surface area (Å²) >= 11 is 0. The van der Waals surface area contributed by atoms with Crippen LogP contribution in [0.1, 0.15) is 100 Å². The number of rotatable bonds is 15. The number of fused-ring (bicyclic) bond motifs is 1. The summed E-state index contributed by atoms with van der Waals surface area (Å²) in [5.74, 6) is -1.53. The number of ether oxygens (including phenoxy) is 1. The van der Waals surface area contributed by atoms with E-state index < -0.39 is 23.8 Å². The Morgan fingerprint density at radius 1 is 0.750 bits per heavy atom. The molecular weight excluding hydrogens is 498 g/mol. The van der Waals surface area contributed by atoms with Crippen molar-refractivity contribution in [2.24, 2.45) is 0 Å². The van der Waals surface area contributed by atoms with Crippen LogP contribution in [0.5, 0.6) is 0 Å². The molecule has 1 heterocycles. The summed E-state index contributed by atoms with van der Waals surface area (Å²) < 4.78 is 4.93. The number of benzene rings is 1. The predicted molar refractivity (Wildman–Crippen MR) is 168 cm³/mol. The van der Waals surface area contributed by atoms with Gasteiger partial charge in [-0.1, -0.05) is 107 Å². The van der Waals surface area contributed by atoms with Crippen LogP contribution in [0.25, 0.3) is 0 Å². The lowest BCUT2D eigenvalue weighted by molar-refractivity contribution is -0.147. The molecule has 0 saturated carbocycles. The van der Waals surface area contributed by atoms with Crippen LogP contribution in [-0.2, 0) is 9.53 Å². The van der Waals surface area contributed by atoms with E-state index in [0.717, 1.165) is 43.4 Å². The van der Waals surface area contributed by atoms with E-state index in [0.29, 0.717) is 11.1 Å². The maximum absolute atomic E-state index is 12.3. The Labute approximate surface area is 242 Å². The molecule has 218 valence electrons. The van der Waals surface area contributed by atoms with Gasteiger partial charge in [-0.2, -0.15) is 0 Å². The molecule has 1 aromatic rings. The Hall–Kier alpha value is -3.73. The van der Waals surface area contributed by atoms with E-state index in [4.69, 9.17) is 4.74 Å². The smallest absolute Gasteiger partial charge is 0.329 e. The molecule has 5 heteroatoms. The van der Waals surface area contributed by atoms with E-state index in [2.05, 4.69) is 81.2 Å². The Morgan fingerprint density at radius 2 is 1.12 bits per heavy atom. The number of carbonyl (C=O) groups is 3. The second-order valence-electron chi connectivity index (χ2n) is 8.43. The highest BCUT2D eigenvalue weighted by atomic mass is 16.5. The maximum Gasteiger partial charge on any atom is 0.329 e. The normalized spacial score (nSPS) is 13.6. The molecule has 0 aromatic heterocycles. The zero-order valence-corrected chi connectivity index (χ0v) is 25.2. The minimum absolute atomic E-state index is 0.171. The first-order valence-electron chi connectivity index (χ1n) is 14.5. The number of hydrogen-bond donors (Lipinski definition) is 0. The number of carbonyl (C=O) groups excluding carboxylic acids is 3. The minimum atomic E-state index is -0.958. The fraction of sp³-hybridized carbons (Fsp3) is 0.400. The van der Waals surface area contributed by atoms with Gasteiger partial charge in [0.15, 0.2) is 0 Å². The second-order valence-corrected chi connectivity index (χ2v) is 8.43. The van der Waals surface area contributed by atoms with Gasteiger partial charge in [0.05, 0.1) is 17.7 Å². The van der Waals surface area contributed by atoms with Gasteiger partial charge in [0, 0.05) is 0 Å². The van der Waals surface area contributed by atoms with Crippen LogP contribution in [0, 0.1) is 0 Å². The average Bonchev–Trinajstić information content (AvgIpc) is 3.23. The summed E-state index contributed by atoms with van der Waals surface area (Å²) in [4.78, 5) is 37.5. The van der Waals surface area contributed by atoms with E-state index in [-0.39, 0.29) is 13.0 Å². The summed E-state index contributed by atoms with van der Waals surface area (Å²) in [7, 11) is 0. The van der Waals surface area contributed by atoms with Crippen molar-refractivity contribution in [1.29, 1.82) is 0 Å². The number of amides is 2. The van der Waals surface area contributed by atoms with Gasteiger partial charge >= 0.3 is 5.97 Å². The zero-order valence-electron chi connectivity index (χ0n) is 25.2. The molecule has 0 fully saturated rings. The summed E-state index contributed by atoms with van der Waals surface area (Å²) in [6, 6.07) is 5.55. The molecule has 0 spiro atoms. The van der Waals surface area contributed by atoms with Crippen molar-refractivity contribution in [3.63, 3.8) is 0 Å². The largest absolute Gasteiger partial charge is 0.464 e. The Balaban J connectivity index is 0.000000721. The molecule has 1 atom stereocenters. The summed E-state index contributed by atoms with van der Waals surface area (Å²) in [5.41, 5.74) is 0.631. The number of hydrogen-bond acceptors (Lipinski definition) is 4. The number of esters is 1. The van der Waals surface area contributed by atoms with Crippen LogP contribution in [0.2, 0.25) is 0 Å². The zero-order chi connectivity index (χ0) is 30.0. The number of allylic oxidation sites excluding steroid dienone is 10. The Morgan fingerprint density at radius 3 is 1.45 bits per heavy atom. The molecule has 1 aliphatic rings. The van der Waals surface area contributed by atoms with Gasteiger partial charge < -0.3 is 4.74 Å². The van der Waals surface area contributed by atoms with E-state index in [9.17, 15) is 14.4 Å². The van der Waals surface area contributed by atoms with Crippen molar-refractivity contribution in [2.75, 3.05) is 6.61 Å². The molecule has 0 radical (unpaired) electrons. The van der Waals surface area contributed by atoms with Crippen molar-refractivity contribution in [3.8, 4) is 0 Å². The molecule has 0 bridgehead atoms. The third-order valence-corrected chi connectivity index (χ3v) is 5.48. The van der Waals surface area contributed by atoms with E-state index in [1.54, 1.807) is 31.2 Å². The van der Waals surface area contributed by atoms with Crippen molar-refractivity contribution >= 4 is 17.8 Å². The van der Waals surface area contributed by atoms with Crippen molar-refractivity contribution in [2.45, 2.75) is 85.6 Å². The Kier molecular flexibility index (Phi) is 22.1. The van der Waals surface area contributed by atoms with Gasteiger partial charge in [-0.15, -0.1) is 6.58 Å². The van der Waals surface area contributed by atoms with Gasteiger partial charge in [0.25, 0.3) is 11.8 Å². The fourth-order valence-electron chi connectivity index (χ4n) is 3.61. The average molecular weight is 548 g/mol. The maximum atomic E-state index is 12.3. The minimum Gasteiger partial charge on any atom is -0.464 e. The topological polar surface area (TPSA) is 63.7 Å². The highest BCUT2D eigenvalue weighted by Crippen LogP contribution is 2.26. The summed E-state index contributed by atoms with van der Waals surface area (Å²) in [6.45, 7) is 13.7. The van der Waals surface area contributed by atoms with E-state index in [1.807, 2.05) is 13.8 Å². The van der Waals surface area contributed by atoms with Gasteiger partial charge in [-0.05, 0) is 64.0 Å². The molecule has 0 N–H and O–H groups in total. The highest BCUT2D eigenvalue weighted by molar-refractivity contribution is 6.22. The first kappa shape index (κ1) is 36.3. The molecular formula is C35H49NO4. The Bertz CT molecular complexity index is 965.